The van der Waals surface area contributed by atoms with E-state index in [1.54, 1.807) is 0 Å². The Labute approximate surface area is 95.9 Å². The molecule has 2 N–H and O–H groups in total. The topological polar surface area (TPSA) is 73.3 Å². The third-order valence-corrected chi connectivity index (χ3v) is 3.68. The molecule has 0 unspecified atom stereocenters. The van der Waals surface area contributed by atoms with Crippen LogP contribution in [0.2, 0.25) is 0 Å². The fraction of sp³-hybridized carbons (Fsp3) is 0.500. The van der Waals surface area contributed by atoms with Gasteiger partial charge in [0.1, 0.15) is 0 Å². The zero-order valence-corrected chi connectivity index (χ0v) is 9.59. The maximum atomic E-state index is 12.2. The van der Waals surface area contributed by atoms with Crippen molar-refractivity contribution in [3.05, 3.63) is 21.6 Å². The number of fused-ring (bicyclic) bond motifs is 2. The first-order valence-electron chi connectivity index (χ1n) is 5.43. The number of hydrogen-bond acceptors (Lipinski definition) is 5. The van der Waals surface area contributed by atoms with Crippen LogP contribution in [-0.4, -0.2) is 14.6 Å². The lowest BCUT2D eigenvalue weighted by Crippen LogP contribution is -2.22. The molecule has 0 aromatic carbocycles. The first-order chi connectivity index (χ1) is 7.75. The van der Waals surface area contributed by atoms with Crippen LogP contribution in [0.3, 0.4) is 0 Å². The van der Waals surface area contributed by atoms with E-state index in [0.29, 0.717) is 10.1 Å². The number of aromatic nitrogens is 3. The zero-order chi connectivity index (χ0) is 11.1. The molecular weight excluding hydrogens is 224 g/mol. The summed E-state index contributed by atoms with van der Waals surface area (Å²) < 4.78 is 1.34. The third kappa shape index (κ3) is 1.41. The number of hydrogen-bond donors (Lipinski definition) is 1. The van der Waals surface area contributed by atoms with Gasteiger partial charge in [-0.25, -0.2) is 4.98 Å². The first-order valence-corrected chi connectivity index (χ1v) is 6.24. The molecule has 16 heavy (non-hydrogen) atoms. The van der Waals surface area contributed by atoms with Crippen LogP contribution in [0.4, 0.5) is 5.13 Å². The predicted octanol–water partition coefficient (Wildman–Crippen LogP) is 1.00. The zero-order valence-electron chi connectivity index (χ0n) is 8.77. The van der Waals surface area contributed by atoms with Gasteiger partial charge in [0.25, 0.3) is 5.56 Å². The van der Waals surface area contributed by atoms with Gasteiger partial charge < -0.3 is 5.73 Å². The van der Waals surface area contributed by atoms with Crippen molar-refractivity contribution in [2.45, 2.75) is 32.1 Å². The number of anilines is 1. The van der Waals surface area contributed by atoms with Crippen LogP contribution >= 0.6 is 11.3 Å². The minimum atomic E-state index is -0.0325. The molecule has 0 saturated carbocycles. The van der Waals surface area contributed by atoms with Crippen molar-refractivity contribution in [1.29, 1.82) is 0 Å². The van der Waals surface area contributed by atoms with E-state index in [9.17, 15) is 4.79 Å². The molecule has 0 amide bonds. The average molecular weight is 236 g/mol. The number of aryl methyl sites for hydroxylation is 1. The maximum absolute atomic E-state index is 12.2. The fourth-order valence-electron chi connectivity index (χ4n) is 2.16. The molecule has 3 rings (SSSR count). The molecule has 0 aliphatic heterocycles. The average Bonchev–Trinajstić information content (AvgIpc) is 2.48. The summed E-state index contributed by atoms with van der Waals surface area (Å²) in [6, 6.07) is 0. The molecule has 0 radical (unpaired) electrons. The highest BCUT2D eigenvalue weighted by molar-refractivity contribution is 7.20. The Morgan fingerprint density at radius 1 is 1.25 bits per heavy atom. The minimum Gasteiger partial charge on any atom is -0.374 e. The summed E-state index contributed by atoms with van der Waals surface area (Å²) >= 11 is 1.26. The molecule has 1 aliphatic rings. The summed E-state index contributed by atoms with van der Waals surface area (Å²) in [6.07, 6.45) is 5.07. The SMILES string of the molecule is Nc1nn2c(=O)c3c(nc2s1)CCCCC3. The summed E-state index contributed by atoms with van der Waals surface area (Å²) in [5, 5.41) is 4.38. The number of nitrogens with zero attached hydrogens (tertiary/aromatic N) is 3. The van der Waals surface area contributed by atoms with Crippen molar-refractivity contribution in [3.8, 4) is 0 Å². The largest absolute Gasteiger partial charge is 0.374 e. The van der Waals surface area contributed by atoms with E-state index in [1.165, 1.54) is 22.3 Å². The Hall–Kier alpha value is -1.43. The first kappa shape index (κ1) is 9.77. The van der Waals surface area contributed by atoms with E-state index < -0.39 is 0 Å². The monoisotopic (exact) mass is 236 g/mol. The third-order valence-electron chi connectivity index (χ3n) is 2.95. The molecule has 1 aliphatic carbocycles. The normalized spacial score (nSPS) is 16.0. The molecule has 0 fully saturated rings. The molecule has 0 atom stereocenters. The maximum Gasteiger partial charge on any atom is 0.278 e. The van der Waals surface area contributed by atoms with Crippen LogP contribution in [-0.2, 0) is 12.8 Å². The van der Waals surface area contributed by atoms with Gasteiger partial charge in [-0.2, -0.15) is 4.52 Å². The van der Waals surface area contributed by atoms with Crippen molar-refractivity contribution in [1.82, 2.24) is 14.6 Å². The lowest BCUT2D eigenvalue weighted by atomic mass is 10.1. The quantitative estimate of drug-likeness (QED) is 0.693. The smallest absolute Gasteiger partial charge is 0.278 e. The number of nitrogen functional groups attached to an aromatic ring is 1. The van der Waals surface area contributed by atoms with Crippen molar-refractivity contribution >= 4 is 21.4 Å². The summed E-state index contributed by atoms with van der Waals surface area (Å²) in [7, 11) is 0. The molecule has 2 heterocycles. The van der Waals surface area contributed by atoms with Gasteiger partial charge in [0.15, 0.2) is 0 Å². The van der Waals surface area contributed by atoms with Crippen molar-refractivity contribution in [3.63, 3.8) is 0 Å². The Balaban J connectivity index is 2.33. The van der Waals surface area contributed by atoms with Crippen LogP contribution in [0.5, 0.6) is 0 Å². The second-order valence-electron chi connectivity index (χ2n) is 4.04. The highest BCUT2D eigenvalue weighted by atomic mass is 32.1. The summed E-state index contributed by atoms with van der Waals surface area (Å²) in [5.41, 5.74) is 7.35. The van der Waals surface area contributed by atoms with Gasteiger partial charge >= 0.3 is 0 Å². The summed E-state index contributed by atoms with van der Waals surface area (Å²) in [5.74, 6) is 0. The second kappa shape index (κ2) is 3.55. The van der Waals surface area contributed by atoms with E-state index in [0.717, 1.165) is 36.9 Å². The van der Waals surface area contributed by atoms with Crippen molar-refractivity contribution in [2.75, 3.05) is 5.73 Å². The second-order valence-corrected chi connectivity index (χ2v) is 5.03. The Kier molecular flexibility index (Phi) is 2.17. The van der Waals surface area contributed by atoms with E-state index >= 15 is 0 Å². The summed E-state index contributed by atoms with van der Waals surface area (Å²) in [4.78, 5) is 17.3. The lowest BCUT2D eigenvalue weighted by Gasteiger charge is -2.02. The van der Waals surface area contributed by atoms with Gasteiger partial charge in [-0.3, -0.25) is 4.79 Å². The molecule has 0 bridgehead atoms. The molecule has 84 valence electrons. The highest BCUT2D eigenvalue weighted by Gasteiger charge is 2.17. The van der Waals surface area contributed by atoms with Gasteiger partial charge in [0.2, 0.25) is 10.1 Å². The molecule has 0 saturated heterocycles. The molecule has 5 nitrogen and oxygen atoms in total. The Bertz CT molecular complexity index is 601. The van der Waals surface area contributed by atoms with Gasteiger partial charge in [-0.1, -0.05) is 17.8 Å². The van der Waals surface area contributed by atoms with Crippen LogP contribution in [0, 0.1) is 0 Å². The van der Waals surface area contributed by atoms with Crippen LogP contribution in [0.1, 0.15) is 30.5 Å². The summed E-state index contributed by atoms with van der Waals surface area (Å²) in [6.45, 7) is 0. The van der Waals surface area contributed by atoms with E-state index in [-0.39, 0.29) is 5.56 Å². The standard InChI is InChI=1S/C10H12N4OS/c11-9-13-14-8(15)6-4-2-1-3-5-7(6)12-10(14)16-9/h1-5H2,(H2,11,13). The number of nitrogens with two attached hydrogens (primary N) is 1. The molecular formula is C10H12N4OS. The highest BCUT2D eigenvalue weighted by Crippen LogP contribution is 2.19. The molecule has 2 aromatic heterocycles. The number of rotatable bonds is 0. The van der Waals surface area contributed by atoms with Crippen molar-refractivity contribution < 1.29 is 0 Å². The van der Waals surface area contributed by atoms with Gasteiger partial charge in [-0.15, -0.1) is 5.10 Å². The van der Waals surface area contributed by atoms with Gasteiger partial charge in [-0.05, 0) is 25.7 Å². The molecule has 6 heteroatoms. The van der Waals surface area contributed by atoms with Crippen molar-refractivity contribution in [2.24, 2.45) is 0 Å². The van der Waals surface area contributed by atoms with Gasteiger partial charge in [0.05, 0.1) is 5.69 Å². The van der Waals surface area contributed by atoms with Crippen LogP contribution in [0.25, 0.3) is 4.96 Å². The fourth-order valence-corrected chi connectivity index (χ4v) is 2.84. The van der Waals surface area contributed by atoms with Gasteiger partial charge in [0, 0.05) is 5.56 Å². The van der Waals surface area contributed by atoms with E-state index in [1.807, 2.05) is 0 Å². The Morgan fingerprint density at radius 3 is 2.94 bits per heavy atom. The minimum absolute atomic E-state index is 0.0325. The van der Waals surface area contributed by atoms with E-state index in [2.05, 4.69) is 10.1 Å². The predicted molar refractivity (Wildman–Crippen MR) is 62.8 cm³/mol. The van der Waals surface area contributed by atoms with Crippen LogP contribution in [0.15, 0.2) is 4.79 Å². The molecule has 0 spiro atoms. The Morgan fingerprint density at radius 2 is 2.06 bits per heavy atom. The molecule has 2 aromatic rings. The van der Waals surface area contributed by atoms with Crippen LogP contribution < -0.4 is 11.3 Å². The van der Waals surface area contributed by atoms with E-state index in [4.69, 9.17) is 5.73 Å². The lowest BCUT2D eigenvalue weighted by molar-refractivity contribution is 0.708.